The molecular weight excluding hydrogens is 254 g/mol. The lowest BCUT2D eigenvalue weighted by atomic mass is 10.2. The predicted molar refractivity (Wildman–Crippen MR) is 70.0 cm³/mol. The molecule has 1 atom stereocenters. The van der Waals surface area contributed by atoms with Gasteiger partial charge in [-0.05, 0) is 12.1 Å². The van der Waals surface area contributed by atoms with Crippen LogP contribution in [0.3, 0.4) is 0 Å². The molecule has 1 heterocycles. The van der Waals surface area contributed by atoms with E-state index in [1.807, 2.05) is 12.1 Å². The van der Waals surface area contributed by atoms with Gasteiger partial charge in [0, 0.05) is 17.4 Å². The van der Waals surface area contributed by atoms with E-state index < -0.39 is 12.0 Å². The molecule has 6 heteroatoms. The van der Waals surface area contributed by atoms with Gasteiger partial charge in [0.15, 0.2) is 6.04 Å². The third kappa shape index (κ3) is 2.59. The minimum absolute atomic E-state index is 0.462. The Hall–Kier alpha value is -1.69. The van der Waals surface area contributed by atoms with Gasteiger partial charge in [0.25, 0.3) is 0 Å². The summed E-state index contributed by atoms with van der Waals surface area (Å²) < 4.78 is 10.3. The maximum atomic E-state index is 10.9. The fourth-order valence-electron chi connectivity index (χ4n) is 1.59. The lowest BCUT2D eigenvalue weighted by Crippen LogP contribution is -2.17. The monoisotopic (exact) mass is 267 g/mol. The average molecular weight is 267 g/mol. The summed E-state index contributed by atoms with van der Waals surface area (Å²) in [6.45, 7) is 0. The summed E-state index contributed by atoms with van der Waals surface area (Å²) in [6, 6.07) is 4.73. The molecule has 1 unspecified atom stereocenters. The van der Waals surface area contributed by atoms with Crippen molar-refractivity contribution in [1.82, 2.24) is 0 Å². The van der Waals surface area contributed by atoms with E-state index in [9.17, 15) is 4.79 Å². The predicted octanol–water partition coefficient (Wildman–Crippen LogP) is 1.65. The molecule has 0 aliphatic carbocycles. The molecule has 0 aromatic heterocycles. The van der Waals surface area contributed by atoms with E-state index in [1.54, 1.807) is 20.3 Å². The summed E-state index contributed by atoms with van der Waals surface area (Å²) in [5, 5.41) is 9.62. The van der Waals surface area contributed by atoms with Crippen LogP contribution in [0.15, 0.2) is 23.2 Å². The molecule has 5 nitrogen and oxygen atoms in total. The molecule has 1 N–H and O–H groups in total. The number of nitrogens with zero attached hydrogens (tertiary/aromatic N) is 1. The lowest BCUT2D eigenvalue weighted by molar-refractivity contribution is -0.137. The molecule has 2 rings (SSSR count). The Morgan fingerprint density at radius 3 is 2.39 bits per heavy atom. The van der Waals surface area contributed by atoms with Crippen molar-refractivity contribution in [2.45, 2.75) is 6.04 Å². The van der Waals surface area contributed by atoms with Crippen molar-refractivity contribution >= 4 is 22.8 Å². The first-order valence-corrected chi connectivity index (χ1v) is 6.29. The van der Waals surface area contributed by atoms with Gasteiger partial charge in [-0.3, -0.25) is 4.99 Å². The number of aliphatic carboxylic acids is 1. The molecule has 1 aliphatic heterocycles. The minimum Gasteiger partial charge on any atom is -0.497 e. The van der Waals surface area contributed by atoms with Crippen LogP contribution >= 0.6 is 11.8 Å². The summed E-state index contributed by atoms with van der Waals surface area (Å²) >= 11 is 1.43. The lowest BCUT2D eigenvalue weighted by Gasteiger charge is -2.07. The molecular formula is C12H13NO4S. The second-order valence-corrected chi connectivity index (χ2v) is 4.71. The first kappa shape index (κ1) is 12.8. The van der Waals surface area contributed by atoms with E-state index in [1.165, 1.54) is 11.8 Å². The highest BCUT2D eigenvalue weighted by Crippen LogP contribution is 2.29. The standard InChI is InChI=1S/C12H13NO4S/c1-16-8-3-7(4-9(5-8)17-2)11-13-10(6-18-11)12(14)15/h3-5,10H,6H2,1-2H3,(H,14,15). The van der Waals surface area contributed by atoms with Gasteiger partial charge < -0.3 is 14.6 Å². The van der Waals surface area contributed by atoms with Crippen molar-refractivity contribution in [1.29, 1.82) is 0 Å². The fourth-order valence-corrected chi connectivity index (χ4v) is 2.61. The van der Waals surface area contributed by atoms with Crippen LogP contribution in [0.5, 0.6) is 11.5 Å². The van der Waals surface area contributed by atoms with Crippen LogP contribution in [0.1, 0.15) is 5.56 Å². The first-order valence-electron chi connectivity index (χ1n) is 5.31. The third-order valence-corrected chi connectivity index (χ3v) is 3.63. The van der Waals surface area contributed by atoms with E-state index in [4.69, 9.17) is 14.6 Å². The van der Waals surface area contributed by atoms with E-state index in [0.29, 0.717) is 22.3 Å². The summed E-state index contributed by atoms with van der Waals surface area (Å²) in [6.07, 6.45) is 0. The van der Waals surface area contributed by atoms with Gasteiger partial charge in [0.05, 0.1) is 19.3 Å². The highest BCUT2D eigenvalue weighted by molar-refractivity contribution is 8.14. The zero-order valence-electron chi connectivity index (χ0n) is 10.0. The summed E-state index contributed by atoms with van der Waals surface area (Å²) in [5.41, 5.74) is 0.819. The highest BCUT2D eigenvalue weighted by atomic mass is 32.2. The Kier molecular flexibility index (Phi) is 3.76. The number of hydrogen-bond donors (Lipinski definition) is 1. The quantitative estimate of drug-likeness (QED) is 0.898. The number of benzene rings is 1. The number of ether oxygens (including phenoxy) is 2. The Morgan fingerprint density at radius 2 is 1.94 bits per heavy atom. The number of methoxy groups -OCH3 is 2. The molecule has 0 radical (unpaired) electrons. The number of carboxylic acid groups (broad SMARTS) is 1. The topological polar surface area (TPSA) is 68.1 Å². The molecule has 0 amide bonds. The molecule has 0 saturated heterocycles. The first-order chi connectivity index (χ1) is 8.63. The fraction of sp³-hybridized carbons (Fsp3) is 0.333. The maximum Gasteiger partial charge on any atom is 0.329 e. The molecule has 1 aliphatic rings. The number of carbonyl (C=O) groups is 1. The Bertz CT molecular complexity index is 479. The van der Waals surface area contributed by atoms with Crippen LogP contribution < -0.4 is 9.47 Å². The van der Waals surface area contributed by atoms with E-state index in [-0.39, 0.29) is 0 Å². The smallest absolute Gasteiger partial charge is 0.329 e. The van der Waals surface area contributed by atoms with Crippen molar-refractivity contribution in [3.05, 3.63) is 23.8 Å². The number of carboxylic acids is 1. The van der Waals surface area contributed by atoms with Gasteiger partial charge in [-0.25, -0.2) is 4.79 Å². The second kappa shape index (κ2) is 5.30. The Morgan fingerprint density at radius 1 is 1.33 bits per heavy atom. The van der Waals surface area contributed by atoms with Crippen molar-refractivity contribution < 1.29 is 19.4 Å². The van der Waals surface area contributed by atoms with Gasteiger partial charge in [0.1, 0.15) is 11.5 Å². The summed E-state index contributed by atoms with van der Waals surface area (Å²) in [5.74, 6) is 0.884. The second-order valence-electron chi connectivity index (χ2n) is 3.70. The van der Waals surface area contributed by atoms with Gasteiger partial charge in [-0.15, -0.1) is 11.8 Å². The number of thioether (sulfide) groups is 1. The molecule has 0 fully saturated rings. The van der Waals surface area contributed by atoms with Crippen LogP contribution in [-0.2, 0) is 4.79 Å². The van der Waals surface area contributed by atoms with Crippen LogP contribution in [0.4, 0.5) is 0 Å². The normalized spacial score (nSPS) is 18.3. The van der Waals surface area contributed by atoms with Crippen molar-refractivity contribution in [3.8, 4) is 11.5 Å². The highest BCUT2D eigenvalue weighted by Gasteiger charge is 2.25. The van der Waals surface area contributed by atoms with E-state index >= 15 is 0 Å². The van der Waals surface area contributed by atoms with Crippen molar-refractivity contribution in [2.75, 3.05) is 20.0 Å². The summed E-state index contributed by atoms with van der Waals surface area (Å²) in [7, 11) is 3.14. The van der Waals surface area contributed by atoms with Crippen LogP contribution in [0.2, 0.25) is 0 Å². The van der Waals surface area contributed by atoms with Crippen LogP contribution in [0.25, 0.3) is 0 Å². The van der Waals surface area contributed by atoms with Gasteiger partial charge >= 0.3 is 5.97 Å². The van der Waals surface area contributed by atoms with Gasteiger partial charge in [0.2, 0.25) is 0 Å². The van der Waals surface area contributed by atoms with Crippen molar-refractivity contribution in [2.24, 2.45) is 4.99 Å². The van der Waals surface area contributed by atoms with Gasteiger partial charge in [-0.2, -0.15) is 0 Å². The SMILES string of the molecule is COc1cc(OC)cc(C2=NC(C(=O)O)CS2)c1. The molecule has 18 heavy (non-hydrogen) atoms. The Labute approximate surface area is 109 Å². The molecule has 0 spiro atoms. The number of hydrogen-bond acceptors (Lipinski definition) is 5. The van der Waals surface area contributed by atoms with E-state index in [0.717, 1.165) is 5.56 Å². The molecule has 0 saturated carbocycles. The average Bonchev–Trinajstić information content (AvgIpc) is 2.87. The number of aliphatic imine (C=N–C) groups is 1. The zero-order valence-corrected chi connectivity index (χ0v) is 10.9. The van der Waals surface area contributed by atoms with Crippen LogP contribution in [-0.4, -0.2) is 42.1 Å². The molecule has 96 valence electrons. The maximum absolute atomic E-state index is 10.9. The Balaban J connectivity index is 2.33. The van der Waals surface area contributed by atoms with Crippen LogP contribution in [0, 0.1) is 0 Å². The summed E-state index contributed by atoms with van der Waals surface area (Å²) in [4.78, 5) is 15.0. The van der Waals surface area contributed by atoms with Crippen molar-refractivity contribution in [3.63, 3.8) is 0 Å². The number of rotatable bonds is 4. The van der Waals surface area contributed by atoms with Gasteiger partial charge in [-0.1, -0.05) is 0 Å². The van der Waals surface area contributed by atoms with E-state index in [2.05, 4.69) is 4.99 Å². The molecule has 1 aromatic carbocycles. The minimum atomic E-state index is -0.896. The zero-order chi connectivity index (χ0) is 13.1. The third-order valence-electron chi connectivity index (χ3n) is 2.53. The molecule has 1 aromatic rings. The largest absolute Gasteiger partial charge is 0.497 e. The molecule has 0 bridgehead atoms.